The van der Waals surface area contributed by atoms with Crippen molar-refractivity contribution in [1.29, 1.82) is 0 Å². The number of aromatic hydroxyl groups is 1. The lowest BCUT2D eigenvalue weighted by Crippen LogP contribution is -2.43. The lowest BCUT2D eigenvalue weighted by molar-refractivity contribution is 0.253. The molecule has 0 amide bonds. The normalized spacial score (nSPS) is 15.6. The number of rotatable bonds is 6. The number of phenolic OH excluding ortho intramolecular Hbond substituents is 1. The number of benzene rings is 2. The monoisotopic (exact) mass is 366 g/mol. The average molecular weight is 366 g/mol. The van der Waals surface area contributed by atoms with Crippen LogP contribution in [0.15, 0.2) is 60.0 Å². The highest BCUT2D eigenvalue weighted by Gasteiger charge is 2.34. The van der Waals surface area contributed by atoms with Crippen molar-refractivity contribution in [2.24, 2.45) is 5.73 Å². The van der Waals surface area contributed by atoms with Crippen molar-refractivity contribution in [1.82, 2.24) is 14.8 Å². The summed E-state index contributed by atoms with van der Waals surface area (Å²) in [6.45, 7) is 0.695. The van der Waals surface area contributed by atoms with Crippen LogP contribution in [0.2, 0.25) is 0 Å². The van der Waals surface area contributed by atoms with Gasteiger partial charge in [0.05, 0.1) is 6.54 Å². The minimum atomic E-state index is -0.184. The smallest absolute Gasteiger partial charge is 0.137 e. The van der Waals surface area contributed by atoms with Gasteiger partial charge in [0.15, 0.2) is 0 Å². The Hall–Kier alpha value is -2.31. The molecule has 0 radical (unpaired) electrons. The summed E-state index contributed by atoms with van der Waals surface area (Å²) in [4.78, 5) is 5.16. The Morgan fingerprint density at radius 2 is 1.88 bits per heavy atom. The second-order valence-electron chi connectivity index (χ2n) is 6.92. The number of phenols is 1. The van der Waals surface area contributed by atoms with Gasteiger partial charge >= 0.3 is 0 Å². The molecule has 1 fully saturated rings. The second-order valence-corrected chi connectivity index (χ2v) is 7.97. The average Bonchev–Trinajstić information content (AvgIpc) is 3.12. The van der Waals surface area contributed by atoms with Crippen LogP contribution < -0.4 is 5.73 Å². The first-order valence-electron chi connectivity index (χ1n) is 8.77. The summed E-state index contributed by atoms with van der Waals surface area (Å²) in [6, 6.07) is 14.0. The summed E-state index contributed by atoms with van der Waals surface area (Å²) in [7, 11) is 0. The van der Waals surface area contributed by atoms with E-state index in [1.54, 1.807) is 36.5 Å². The van der Waals surface area contributed by atoms with Gasteiger partial charge < -0.3 is 10.8 Å². The highest BCUT2D eigenvalue weighted by molar-refractivity contribution is 7.98. The summed E-state index contributed by atoms with van der Waals surface area (Å²) in [5, 5.41) is 13.6. The van der Waals surface area contributed by atoms with Gasteiger partial charge in [-0.05, 0) is 60.2 Å². The molecule has 5 nitrogen and oxygen atoms in total. The van der Waals surface area contributed by atoms with Crippen molar-refractivity contribution in [3.8, 4) is 5.75 Å². The maximum atomic E-state index is 9.42. The molecule has 0 bridgehead atoms. The molecule has 1 saturated carbocycles. The van der Waals surface area contributed by atoms with Crippen molar-refractivity contribution >= 4 is 11.8 Å². The topological polar surface area (TPSA) is 77.0 Å². The summed E-state index contributed by atoms with van der Waals surface area (Å²) >= 11 is 1.76. The number of nitrogens with zero attached hydrogens (tertiary/aromatic N) is 3. The van der Waals surface area contributed by atoms with E-state index in [2.05, 4.69) is 28.3 Å². The Kier molecular flexibility index (Phi) is 4.70. The van der Waals surface area contributed by atoms with Crippen molar-refractivity contribution in [3.63, 3.8) is 0 Å². The fourth-order valence-electron chi connectivity index (χ4n) is 3.28. The van der Waals surface area contributed by atoms with E-state index in [0.29, 0.717) is 12.3 Å². The molecule has 26 heavy (non-hydrogen) atoms. The van der Waals surface area contributed by atoms with E-state index in [0.717, 1.165) is 23.5 Å². The van der Waals surface area contributed by atoms with Gasteiger partial charge in [0.25, 0.3) is 0 Å². The number of hydrogen-bond donors (Lipinski definition) is 2. The molecule has 4 rings (SSSR count). The molecule has 3 N–H and O–H groups in total. The van der Waals surface area contributed by atoms with Gasteiger partial charge in [-0.1, -0.05) is 18.2 Å². The Morgan fingerprint density at radius 3 is 2.54 bits per heavy atom. The van der Waals surface area contributed by atoms with Crippen LogP contribution in [0.3, 0.4) is 0 Å². The van der Waals surface area contributed by atoms with Crippen molar-refractivity contribution in [2.45, 2.75) is 42.0 Å². The second kappa shape index (κ2) is 7.13. The number of nitrogens with two attached hydrogens (primary N) is 1. The summed E-state index contributed by atoms with van der Waals surface area (Å²) < 4.78 is 1.83. The Bertz CT molecular complexity index is 873. The van der Waals surface area contributed by atoms with Gasteiger partial charge in [-0.3, -0.25) is 0 Å². The molecule has 1 heterocycles. The zero-order valence-electron chi connectivity index (χ0n) is 14.5. The van der Waals surface area contributed by atoms with E-state index in [9.17, 15) is 5.11 Å². The van der Waals surface area contributed by atoms with Crippen molar-refractivity contribution in [2.75, 3.05) is 0 Å². The Morgan fingerprint density at radius 1 is 1.12 bits per heavy atom. The molecule has 1 aromatic heterocycles. The van der Waals surface area contributed by atoms with E-state index in [-0.39, 0.29) is 5.54 Å². The quantitative estimate of drug-likeness (QED) is 0.651. The highest BCUT2D eigenvalue weighted by Crippen LogP contribution is 2.40. The van der Waals surface area contributed by atoms with Crippen molar-refractivity contribution in [3.05, 3.63) is 71.8 Å². The zero-order valence-corrected chi connectivity index (χ0v) is 15.3. The molecule has 1 aliphatic rings. The van der Waals surface area contributed by atoms with Crippen LogP contribution in [-0.4, -0.2) is 19.9 Å². The first kappa shape index (κ1) is 17.1. The van der Waals surface area contributed by atoms with Crippen LogP contribution in [0.1, 0.15) is 36.0 Å². The van der Waals surface area contributed by atoms with Crippen LogP contribution >= 0.6 is 11.8 Å². The number of aromatic nitrogens is 3. The highest BCUT2D eigenvalue weighted by atomic mass is 32.2. The lowest BCUT2D eigenvalue weighted by Gasteiger charge is -2.39. The first-order chi connectivity index (χ1) is 12.6. The summed E-state index contributed by atoms with van der Waals surface area (Å²) in [5.41, 5.74) is 10.1. The van der Waals surface area contributed by atoms with Gasteiger partial charge in [0, 0.05) is 16.2 Å². The van der Waals surface area contributed by atoms with E-state index in [1.807, 2.05) is 16.8 Å². The van der Waals surface area contributed by atoms with E-state index >= 15 is 0 Å². The Labute approximate surface area is 157 Å². The minimum Gasteiger partial charge on any atom is -0.508 e. The van der Waals surface area contributed by atoms with Crippen molar-refractivity contribution < 1.29 is 5.11 Å². The molecule has 0 aliphatic heterocycles. The fraction of sp³-hybridized carbons (Fsp3) is 0.300. The van der Waals surface area contributed by atoms with Gasteiger partial charge in [-0.2, -0.15) is 5.10 Å². The molecular weight excluding hydrogens is 344 g/mol. The first-order valence-corrected chi connectivity index (χ1v) is 9.76. The molecule has 0 atom stereocenters. The maximum Gasteiger partial charge on any atom is 0.137 e. The third-order valence-electron chi connectivity index (χ3n) is 4.93. The van der Waals surface area contributed by atoms with E-state index in [4.69, 9.17) is 5.73 Å². The number of thioether (sulfide) groups is 1. The van der Waals surface area contributed by atoms with Gasteiger partial charge in [0.2, 0.25) is 0 Å². The van der Waals surface area contributed by atoms with Crippen LogP contribution in [0, 0.1) is 0 Å². The largest absolute Gasteiger partial charge is 0.508 e. The fourth-order valence-corrected chi connectivity index (χ4v) is 4.11. The van der Waals surface area contributed by atoms with Gasteiger partial charge in [-0.25, -0.2) is 9.67 Å². The van der Waals surface area contributed by atoms with Gasteiger partial charge in [0.1, 0.15) is 18.4 Å². The predicted molar refractivity (Wildman–Crippen MR) is 103 cm³/mol. The molecule has 3 aromatic rings. The van der Waals surface area contributed by atoms with Crippen LogP contribution in [-0.2, 0) is 17.8 Å². The molecule has 0 saturated heterocycles. The lowest BCUT2D eigenvalue weighted by atomic mass is 9.72. The molecule has 0 unspecified atom stereocenters. The van der Waals surface area contributed by atoms with Gasteiger partial charge in [-0.15, -0.1) is 11.8 Å². The van der Waals surface area contributed by atoms with Crippen LogP contribution in [0.4, 0.5) is 0 Å². The molecule has 2 aromatic carbocycles. The maximum absolute atomic E-state index is 9.42. The molecule has 0 spiro atoms. The van der Waals surface area contributed by atoms with E-state index in [1.165, 1.54) is 23.1 Å². The summed E-state index contributed by atoms with van der Waals surface area (Å²) in [6.07, 6.45) is 6.58. The molecular formula is C20H22N4OS. The molecule has 6 heteroatoms. The van der Waals surface area contributed by atoms with Crippen LogP contribution in [0.25, 0.3) is 0 Å². The third-order valence-corrected chi connectivity index (χ3v) is 6.01. The van der Waals surface area contributed by atoms with E-state index < -0.39 is 0 Å². The standard InChI is InChI=1S/C20H22N4OS/c21-20(6-1-7-20)17-9-15(11-24-14-22-13-23-24)8-16(10-17)12-26-19-4-2-18(25)3-5-19/h2-5,8-10,13-14,25H,1,6-7,11-12,21H2. The zero-order chi connectivity index (χ0) is 18.0. The number of hydrogen-bond acceptors (Lipinski definition) is 5. The molecule has 134 valence electrons. The van der Waals surface area contributed by atoms with Crippen LogP contribution in [0.5, 0.6) is 5.75 Å². The summed E-state index contributed by atoms with van der Waals surface area (Å²) in [5.74, 6) is 1.15. The Balaban J connectivity index is 1.57. The molecule has 1 aliphatic carbocycles. The SMILES string of the molecule is NC1(c2cc(CSc3ccc(O)cc3)cc(Cn3cncn3)c2)CCC1. The predicted octanol–water partition coefficient (Wildman–Crippen LogP) is 3.66. The third kappa shape index (κ3) is 3.76. The minimum absolute atomic E-state index is 0.184.